The SMILES string of the molecule is CCNC(=O)/C(C#N)=C/c1ccc(-c2ccc(C)cc2)cc1. The largest absolute Gasteiger partial charge is 0.352 e. The van der Waals surface area contributed by atoms with Crippen LogP contribution in [-0.2, 0) is 4.79 Å². The van der Waals surface area contributed by atoms with Crippen molar-refractivity contribution in [1.29, 1.82) is 5.26 Å². The lowest BCUT2D eigenvalue weighted by Crippen LogP contribution is -2.23. The third-order valence-corrected chi connectivity index (χ3v) is 3.31. The van der Waals surface area contributed by atoms with Gasteiger partial charge in [0, 0.05) is 6.54 Å². The molecule has 0 radical (unpaired) electrons. The van der Waals surface area contributed by atoms with Crippen molar-refractivity contribution in [1.82, 2.24) is 5.32 Å². The summed E-state index contributed by atoms with van der Waals surface area (Å²) in [6, 6.07) is 18.0. The normalized spacial score (nSPS) is 10.9. The Hall–Kier alpha value is -2.86. The molecular weight excluding hydrogens is 272 g/mol. The third kappa shape index (κ3) is 3.83. The van der Waals surface area contributed by atoms with Gasteiger partial charge in [-0.1, -0.05) is 54.1 Å². The van der Waals surface area contributed by atoms with Crippen molar-refractivity contribution in [3.8, 4) is 17.2 Å². The fraction of sp³-hybridized carbons (Fsp3) is 0.158. The maximum Gasteiger partial charge on any atom is 0.261 e. The molecular formula is C19H18N2O. The maximum absolute atomic E-state index is 11.7. The number of likely N-dealkylation sites (N-methyl/N-ethyl adjacent to an activating group) is 1. The molecule has 0 bridgehead atoms. The highest BCUT2D eigenvalue weighted by Gasteiger charge is 2.07. The molecule has 0 aliphatic heterocycles. The Morgan fingerprint density at radius 2 is 1.64 bits per heavy atom. The van der Waals surface area contributed by atoms with Crippen molar-refractivity contribution in [2.75, 3.05) is 6.54 Å². The van der Waals surface area contributed by atoms with E-state index in [4.69, 9.17) is 5.26 Å². The van der Waals surface area contributed by atoms with Gasteiger partial charge in [-0.25, -0.2) is 0 Å². The lowest BCUT2D eigenvalue weighted by Gasteiger charge is -2.04. The van der Waals surface area contributed by atoms with Crippen LogP contribution in [0.15, 0.2) is 54.1 Å². The van der Waals surface area contributed by atoms with E-state index in [1.54, 1.807) is 6.08 Å². The average molecular weight is 290 g/mol. The van der Waals surface area contributed by atoms with Gasteiger partial charge in [-0.3, -0.25) is 4.79 Å². The number of carbonyl (C=O) groups is 1. The molecule has 0 aromatic heterocycles. The Morgan fingerprint density at radius 3 is 2.14 bits per heavy atom. The van der Waals surface area contributed by atoms with Crippen molar-refractivity contribution < 1.29 is 4.79 Å². The van der Waals surface area contributed by atoms with Gasteiger partial charge in [0.25, 0.3) is 5.91 Å². The predicted octanol–water partition coefficient (Wildman–Crippen LogP) is 3.71. The Bertz CT molecular complexity index is 720. The van der Waals surface area contributed by atoms with Gasteiger partial charge >= 0.3 is 0 Å². The quantitative estimate of drug-likeness (QED) is 0.689. The molecule has 3 nitrogen and oxygen atoms in total. The molecule has 0 fully saturated rings. The van der Waals surface area contributed by atoms with Gasteiger partial charge in [0.2, 0.25) is 0 Å². The number of nitriles is 1. The molecule has 2 aromatic rings. The van der Waals surface area contributed by atoms with Crippen LogP contribution < -0.4 is 5.32 Å². The first-order chi connectivity index (χ1) is 10.6. The topological polar surface area (TPSA) is 52.9 Å². The summed E-state index contributed by atoms with van der Waals surface area (Å²) >= 11 is 0. The summed E-state index contributed by atoms with van der Waals surface area (Å²) in [4.78, 5) is 11.7. The molecule has 0 saturated carbocycles. The van der Waals surface area contributed by atoms with Crippen LogP contribution in [0, 0.1) is 18.3 Å². The molecule has 0 atom stereocenters. The van der Waals surface area contributed by atoms with Gasteiger partial charge in [0.05, 0.1) is 0 Å². The van der Waals surface area contributed by atoms with E-state index in [2.05, 4.69) is 36.5 Å². The van der Waals surface area contributed by atoms with E-state index in [-0.39, 0.29) is 11.5 Å². The van der Waals surface area contributed by atoms with Crippen LogP contribution >= 0.6 is 0 Å². The number of hydrogen-bond donors (Lipinski definition) is 1. The molecule has 1 amide bonds. The lowest BCUT2D eigenvalue weighted by molar-refractivity contribution is -0.116. The summed E-state index contributed by atoms with van der Waals surface area (Å²) < 4.78 is 0. The summed E-state index contributed by atoms with van der Waals surface area (Å²) in [7, 11) is 0. The number of carbonyl (C=O) groups excluding carboxylic acids is 1. The van der Waals surface area contributed by atoms with Gasteiger partial charge in [0.1, 0.15) is 11.6 Å². The number of amides is 1. The molecule has 22 heavy (non-hydrogen) atoms. The van der Waals surface area contributed by atoms with Gasteiger partial charge < -0.3 is 5.32 Å². The number of rotatable bonds is 4. The molecule has 2 aromatic carbocycles. The monoisotopic (exact) mass is 290 g/mol. The van der Waals surface area contributed by atoms with Gasteiger partial charge in [-0.05, 0) is 36.6 Å². The van der Waals surface area contributed by atoms with Crippen molar-refractivity contribution in [2.24, 2.45) is 0 Å². The molecule has 2 rings (SSSR count). The minimum absolute atomic E-state index is 0.116. The van der Waals surface area contributed by atoms with Gasteiger partial charge in [-0.2, -0.15) is 5.26 Å². The fourth-order valence-corrected chi connectivity index (χ4v) is 2.09. The Morgan fingerprint density at radius 1 is 1.09 bits per heavy atom. The van der Waals surface area contributed by atoms with E-state index in [1.807, 2.05) is 37.3 Å². The second kappa shape index (κ2) is 7.24. The first-order valence-corrected chi connectivity index (χ1v) is 7.21. The third-order valence-electron chi connectivity index (χ3n) is 3.31. The summed E-state index contributed by atoms with van der Waals surface area (Å²) in [6.07, 6.45) is 1.60. The van der Waals surface area contributed by atoms with E-state index in [0.29, 0.717) is 6.54 Å². The van der Waals surface area contributed by atoms with Crippen LogP contribution in [0.4, 0.5) is 0 Å². The molecule has 0 aliphatic rings. The highest BCUT2D eigenvalue weighted by molar-refractivity contribution is 6.01. The summed E-state index contributed by atoms with van der Waals surface area (Å²) in [6.45, 7) is 4.38. The smallest absolute Gasteiger partial charge is 0.261 e. The number of hydrogen-bond acceptors (Lipinski definition) is 2. The second-order valence-corrected chi connectivity index (χ2v) is 5.02. The molecule has 3 heteroatoms. The maximum atomic E-state index is 11.7. The van der Waals surface area contributed by atoms with Crippen molar-refractivity contribution in [2.45, 2.75) is 13.8 Å². The van der Waals surface area contributed by atoms with E-state index in [0.717, 1.165) is 16.7 Å². The van der Waals surface area contributed by atoms with Crippen molar-refractivity contribution in [3.63, 3.8) is 0 Å². The van der Waals surface area contributed by atoms with Gasteiger partial charge in [-0.15, -0.1) is 0 Å². The first kappa shape index (κ1) is 15.5. The molecule has 0 heterocycles. The van der Waals surface area contributed by atoms with E-state index >= 15 is 0 Å². The van der Waals surface area contributed by atoms with Crippen molar-refractivity contribution >= 4 is 12.0 Å². The Kier molecular flexibility index (Phi) is 5.11. The fourth-order valence-electron chi connectivity index (χ4n) is 2.09. The van der Waals surface area contributed by atoms with Crippen LogP contribution in [0.25, 0.3) is 17.2 Å². The van der Waals surface area contributed by atoms with E-state index < -0.39 is 0 Å². The Balaban J connectivity index is 2.23. The van der Waals surface area contributed by atoms with Crippen LogP contribution in [0.2, 0.25) is 0 Å². The molecule has 0 saturated heterocycles. The van der Waals surface area contributed by atoms with Gasteiger partial charge in [0.15, 0.2) is 0 Å². The minimum atomic E-state index is -0.340. The second-order valence-electron chi connectivity index (χ2n) is 5.02. The average Bonchev–Trinajstić information content (AvgIpc) is 2.54. The number of benzene rings is 2. The predicted molar refractivity (Wildman–Crippen MR) is 88.9 cm³/mol. The molecule has 0 aliphatic carbocycles. The van der Waals surface area contributed by atoms with E-state index in [9.17, 15) is 4.79 Å². The van der Waals surface area contributed by atoms with Crippen LogP contribution in [0.1, 0.15) is 18.1 Å². The standard InChI is InChI=1S/C19H18N2O/c1-3-21-19(22)18(13-20)12-15-6-10-17(11-7-15)16-8-4-14(2)5-9-16/h4-12H,3H2,1-2H3,(H,21,22)/b18-12+. The number of nitrogens with zero attached hydrogens (tertiary/aromatic N) is 1. The van der Waals surface area contributed by atoms with Crippen LogP contribution in [0.3, 0.4) is 0 Å². The van der Waals surface area contributed by atoms with E-state index in [1.165, 1.54) is 5.56 Å². The molecule has 1 N–H and O–H groups in total. The Labute approximate surface area is 130 Å². The highest BCUT2D eigenvalue weighted by atomic mass is 16.1. The summed E-state index contributed by atoms with van der Waals surface area (Å²) in [5.41, 5.74) is 4.42. The first-order valence-electron chi connectivity index (χ1n) is 7.21. The zero-order chi connectivity index (χ0) is 15.9. The zero-order valence-corrected chi connectivity index (χ0v) is 12.8. The molecule has 0 unspecified atom stereocenters. The number of aryl methyl sites for hydroxylation is 1. The minimum Gasteiger partial charge on any atom is -0.352 e. The van der Waals surface area contributed by atoms with Crippen LogP contribution in [-0.4, -0.2) is 12.5 Å². The lowest BCUT2D eigenvalue weighted by atomic mass is 10.0. The highest BCUT2D eigenvalue weighted by Crippen LogP contribution is 2.21. The zero-order valence-electron chi connectivity index (χ0n) is 12.8. The number of nitrogens with one attached hydrogen (secondary N) is 1. The van der Waals surface area contributed by atoms with Crippen molar-refractivity contribution in [3.05, 3.63) is 65.2 Å². The summed E-state index contributed by atoms with van der Waals surface area (Å²) in [5.74, 6) is -0.340. The summed E-state index contributed by atoms with van der Waals surface area (Å²) in [5, 5.41) is 11.7. The molecule has 0 spiro atoms. The van der Waals surface area contributed by atoms with Crippen LogP contribution in [0.5, 0.6) is 0 Å². The molecule has 110 valence electrons.